The van der Waals surface area contributed by atoms with Crippen LogP contribution in [-0.4, -0.2) is 45.3 Å². The molecule has 0 unspecified atom stereocenters. The minimum Gasteiger partial charge on any atom is -0.481 e. The van der Waals surface area contributed by atoms with Crippen LogP contribution in [0.4, 0.5) is 5.69 Å². The van der Waals surface area contributed by atoms with E-state index < -0.39 is 10.0 Å². The summed E-state index contributed by atoms with van der Waals surface area (Å²) in [6, 6.07) is 16.1. The van der Waals surface area contributed by atoms with Crippen LogP contribution in [0.25, 0.3) is 21.8 Å². The number of hydrogen-bond donors (Lipinski definition) is 1. The van der Waals surface area contributed by atoms with Crippen molar-refractivity contribution < 1.29 is 22.7 Å². The molecule has 0 saturated heterocycles. The summed E-state index contributed by atoms with van der Waals surface area (Å²) in [5, 5.41) is 1.82. The van der Waals surface area contributed by atoms with E-state index in [4.69, 9.17) is 15.4 Å². The Morgan fingerprint density at radius 3 is 2.47 bits per heavy atom. The van der Waals surface area contributed by atoms with E-state index in [1.807, 2.05) is 41.9 Å². The molecule has 0 atom stereocenters. The fourth-order valence-corrected chi connectivity index (χ4v) is 5.28. The molecule has 0 fully saturated rings. The molecule has 2 aromatic heterocycles. The highest BCUT2D eigenvalue weighted by Crippen LogP contribution is 2.35. The zero-order valence-electron chi connectivity index (χ0n) is 18.0. The van der Waals surface area contributed by atoms with Gasteiger partial charge in [0.2, 0.25) is 11.8 Å². The molecule has 2 aromatic carbocycles. The number of pyridine rings is 1. The van der Waals surface area contributed by atoms with Crippen molar-refractivity contribution in [1.82, 2.24) is 9.55 Å². The van der Waals surface area contributed by atoms with Crippen LogP contribution in [-0.2, 0) is 21.9 Å². The van der Waals surface area contributed by atoms with Crippen LogP contribution in [0.15, 0.2) is 59.5 Å². The van der Waals surface area contributed by atoms with Crippen LogP contribution < -0.4 is 19.7 Å². The van der Waals surface area contributed by atoms with E-state index in [-0.39, 0.29) is 29.6 Å². The first kappa shape index (κ1) is 21.9. The number of para-hydroxylation sites is 1. The number of hydrogen-bond acceptors (Lipinski definition) is 7. The lowest BCUT2D eigenvalue weighted by molar-refractivity contribution is 0.146. The Bertz CT molecular complexity index is 1380. The molecule has 0 aliphatic heterocycles. The Kier molecular flexibility index (Phi) is 5.92. The molecule has 0 radical (unpaired) electrons. The molecule has 0 spiro atoms. The van der Waals surface area contributed by atoms with Crippen LogP contribution in [0.1, 0.15) is 0 Å². The number of ether oxygens (including phenoxy) is 2. The zero-order valence-corrected chi connectivity index (χ0v) is 18.8. The second-order valence-electron chi connectivity index (χ2n) is 7.09. The largest absolute Gasteiger partial charge is 0.481 e. The Morgan fingerprint density at radius 2 is 1.75 bits per heavy atom. The third kappa shape index (κ3) is 3.62. The van der Waals surface area contributed by atoms with Gasteiger partial charge >= 0.3 is 0 Å². The number of aromatic nitrogens is 2. The maximum absolute atomic E-state index is 13.8. The summed E-state index contributed by atoms with van der Waals surface area (Å²) in [5.41, 5.74) is 2.21. The summed E-state index contributed by atoms with van der Waals surface area (Å²) >= 11 is 0. The van der Waals surface area contributed by atoms with Gasteiger partial charge in [0.1, 0.15) is 5.69 Å². The molecule has 10 heteroatoms. The highest BCUT2D eigenvalue weighted by molar-refractivity contribution is 7.92. The van der Waals surface area contributed by atoms with Crippen molar-refractivity contribution >= 4 is 37.5 Å². The minimum atomic E-state index is -4.00. The van der Waals surface area contributed by atoms with Gasteiger partial charge in [-0.25, -0.2) is 14.3 Å². The molecule has 0 aliphatic carbocycles. The van der Waals surface area contributed by atoms with Gasteiger partial charge in [0, 0.05) is 34.9 Å². The predicted octanol–water partition coefficient (Wildman–Crippen LogP) is 2.83. The number of benzene rings is 2. The van der Waals surface area contributed by atoms with Crippen molar-refractivity contribution in [2.24, 2.45) is 12.9 Å². The molecule has 4 rings (SSSR count). The first-order valence-corrected chi connectivity index (χ1v) is 11.3. The van der Waals surface area contributed by atoms with Crippen LogP contribution in [0.2, 0.25) is 0 Å². The third-order valence-electron chi connectivity index (χ3n) is 5.37. The fraction of sp³-hybridized carbons (Fsp3) is 0.227. The quantitative estimate of drug-likeness (QED) is 0.406. The Morgan fingerprint density at radius 1 is 1.00 bits per heavy atom. The monoisotopic (exact) mass is 456 g/mol. The lowest BCUT2D eigenvalue weighted by atomic mass is 10.1. The van der Waals surface area contributed by atoms with Crippen molar-refractivity contribution in [3.8, 4) is 11.8 Å². The molecular weight excluding hydrogens is 432 g/mol. The summed E-state index contributed by atoms with van der Waals surface area (Å²) in [6.07, 6.45) is 0. The van der Waals surface area contributed by atoms with E-state index in [2.05, 4.69) is 9.82 Å². The van der Waals surface area contributed by atoms with Crippen molar-refractivity contribution in [2.75, 3.05) is 31.7 Å². The first-order valence-electron chi connectivity index (χ1n) is 9.83. The van der Waals surface area contributed by atoms with E-state index >= 15 is 0 Å². The number of nitrogens with zero attached hydrogens (tertiary/aromatic N) is 3. The number of rotatable bonds is 8. The van der Waals surface area contributed by atoms with Gasteiger partial charge in [0.25, 0.3) is 10.0 Å². The van der Waals surface area contributed by atoms with Gasteiger partial charge < -0.3 is 18.9 Å². The molecule has 2 heterocycles. The second-order valence-corrected chi connectivity index (χ2v) is 8.95. The van der Waals surface area contributed by atoms with Crippen molar-refractivity contribution in [3.05, 3.63) is 54.6 Å². The Balaban J connectivity index is 1.88. The summed E-state index contributed by atoms with van der Waals surface area (Å²) in [6.45, 7) is -0.0539. The van der Waals surface area contributed by atoms with E-state index in [0.717, 1.165) is 21.8 Å². The highest BCUT2D eigenvalue weighted by Gasteiger charge is 2.29. The maximum atomic E-state index is 13.8. The summed E-state index contributed by atoms with van der Waals surface area (Å²) in [4.78, 5) is 9.03. The molecule has 2 N–H and O–H groups in total. The Hall–Kier alpha value is -3.34. The van der Waals surface area contributed by atoms with Crippen LogP contribution in [0, 0.1) is 0 Å². The first-order chi connectivity index (χ1) is 15.4. The summed E-state index contributed by atoms with van der Waals surface area (Å²) < 4.78 is 41.2. The van der Waals surface area contributed by atoms with E-state index in [0.29, 0.717) is 5.88 Å². The molecule has 0 bridgehead atoms. The molecule has 0 saturated carbocycles. The molecule has 4 aromatic rings. The van der Waals surface area contributed by atoms with Gasteiger partial charge in [-0.15, -0.1) is 0 Å². The van der Waals surface area contributed by atoms with Crippen molar-refractivity contribution in [1.29, 1.82) is 0 Å². The average Bonchev–Trinajstić information content (AvgIpc) is 3.11. The molecule has 0 amide bonds. The van der Waals surface area contributed by atoms with Gasteiger partial charge in [-0.1, -0.05) is 18.2 Å². The number of nitrogens with two attached hydrogens (primary N) is 1. The topological polar surface area (TPSA) is 109 Å². The number of sulfonamides is 1. The van der Waals surface area contributed by atoms with Crippen molar-refractivity contribution in [3.63, 3.8) is 0 Å². The lowest BCUT2D eigenvalue weighted by Gasteiger charge is -2.25. The molecule has 32 heavy (non-hydrogen) atoms. The average molecular weight is 457 g/mol. The lowest BCUT2D eigenvalue weighted by Crippen LogP contribution is -2.35. The number of methoxy groups -OCH3 is 2. The molecular formula is C22H24N4O5S. The highest BCUT2D eigenvalue weighted by atomic mass is 32.2. The van der Waals surface area contributed by atoms with E-state index in [1.165, 1.54) is 18.5 Å². The van der Waals surface area contributed by atoms with Gasteiger partial charge in [-0.05, 0) is 30.3 Å². The maximum Gasteiger partial charge on any atom is 0.264 e. The van der Waals surface area contributed by atoms with Crippen LogP contribution in [0.5, 0.6) is 11.8 Å². The normalized spacial score (nSPS) is 11.8. The van der Waals surface area contributed by atoms with E-state index in [1.54, 1.807) is 24.3 Å². The van der Waals surface area contributed by atoms with Crippen LogP contribution >= 0.6 is 0 Å². The smallest absolute Gasteiger partial charge is 0.264 e. The SMILES string of the molecule is COc1ccc(N(CCON)S(=O)(=O)c2ccc3c(c2)c2ccccc2n3C)c(OC)n1. The minimum absolute atomic E-state index is 0.0229. The van der Waals surface area contributed by atoms with Gasteiger partial charge in [-0.3, -0.25) is 4.31 Å². The predicted molar refractivity (Wildman–Crippen MR) is 122 cm³/mol. The summed E-state index contributed by atoms with van der Waals surface area (Å²) in [5.74, 6) is 5.61. The van der Waals surface area contributed by atoms with E-state index in [9.17, 15) is 8.42 Å². The standard InChI is InChI=1S/C22H24N4O5S/c1-25-18-7-5-4-6-16(18)17-14-15(8-9-19(17)25)32(27,28)26(12-13-31-23)20-10-11-21(29-2)24-22(20)30-3/h4-11,14H,12-13,23H2,1-3H3. The second kappa shape index (κ2) is 8.65. The van der Waals surface area contributed by atoms with Gasteiger partial charge in [0.15, 0.2) is 0 Å². The number of fused-ring (bicyclic) bond motifs is 3. The zero-order chi connectivity index (χ0) is 22.9. The summed E-state index contributed by atoms with van der Waals surface area (Å²) in [7, 11) is 0.839. The van der Waals surface area contributed by atoms with Gasteiger partial charge in [-0.2, -0.15) is 4.98 Å². The van der Waals surface area contributed by atoms with Gasteiger partial charge in [0.05, 0.1) is 32.3 Å². The van der Waals surface area contributed by atoms with Crippen molar-refractivity contribution in [2.45, 2.75) is 4.90 Å². The van der Waals surface area contributed by atoms with Crippen LogP contribution in [0.3, 0.4) is 0 Å². The fourth-order valence-electron chi connectivity index (χ4n) is 3.81. The Labute approximate surface area is 185 Å². The number of anilines is 1. The number of aryl methyl sites for hydroxylation is 1. The molecule has 168 valence electrons. The molecule has 0 aliphatic rings. The molecule has 9 nitrogen and oxygen atoms in total. The third-order valence-corrected chi connectivity index (χ3v) is 7.18.